The first kappa shape index (κ1) is 34.4. The number of methoxy groups -OCH3 is 2. The number of phenols is 2. The number of piperazine rings is 1. The maximum atomic E-state index is 14.6. The Morgan fingerprint density at radius 3 is 2.57 bits per heavy atom. The molecule has 15 heteroatoms. The number of nitrogens with one attached hydrogen (secondary N) is 2. The van der Waals surface area contributed by atoms with Crippen LogP contribution in [0.1, 0.15) is 68.8 Å². The number of hydrogen-bond donors (Lipinski definition) is 5. The van der Waals surface area contributed by atoms with Gasteiger partial charge < -0.3 is 49.1 Å². The summed E-state index contributed by atoms with van der Waals surface area (Å²) in [7, 11) is 2.98. The molecule has 4 bridgehead atoms. The number of esters is 2. The fourth-order valence-corrected chi connectivity index (χ4v) is 11.3. The van der Waals surface area contributed by atoms with Crippen molar-refractivity contribution in [1.82, 2.24) is 15.5 Å². The van der Waals surface area contributed by atoms with Crippen LogP contribution in [0.15, 0.2) is 18.2 Å². The number of phenolic OH excluding ortho intramolecular Hbond substituents is 2. The highest BCUT2D eigenvalue weighted by molar-refractivity contribution is 7.99. The number of hydrogen-bond acceptors (Lipinski definition) is 15. The molecule has 7 heterocycles. The summed E-state index contributed by atoms with van der Waals surface area (Å²) in [5.41, 5.74) is 4.27. The summed E-state index contributed by atoms with van der Waals surface area (Å²) in [4.78, 5) is 29.4. The molecule has 1 unspecified atom stereocenters. The number of aliphatic hydroxyl groups is 1. The summed E-state index contributed by atoms with van der Waals surface area (Å²) in [6, 6.07) is 2.99. The van der Waals surface area contributed by atoms with Gasteiger partial charge in [0.1, 0.15) is 18.6 Å². The van der Waals surface area contributed by atoms with Crippen molar-refractivity contribution >= 4 is 23.7 Å². The average molecular weight is 748 g/mol. The highest BCUT2D eigenvalue weighted by Crippen LogP contribution is 2.63. The first-order valence-electron chi connectivity index (χ1n) is 17.7. The zero-order chi connectivity index (χ0) is 37.1. The van der Waals surface area contributed by atoms with Crippen LogP contribution in [0.25, 0.3) is 0 Å². The lowest BCUT2D eigenvalue weighted by molar-refractivity contribution is -0.164. The molecule has 5 N–H and O–H groups in total. The molecule has 7 aliphatic rings. The number of thioether (sulfide) groups is 1. The van der Waals surface area contributed by atoms with Gasteiger partial charge in [0.05, 0.1) is 37.6 Å². The molecule has 3 aromatic rings. The van der Waals surface area contributed by atoms with Crippen LogP contribution in [0, 0.1) is 13.8 Å². The van der Waals surface area contributed by atoms with Crippen LogP contribution in [-0.2, 0) is 32.7 Å². The summed E-state index contributed by atoms with van der Waals surface area (Å²) in [5.74, 6) is 0.890. The smallest absolute Gasteiger partial charge is 0.331 e. The molecule has 280 valence electrons. The maximum Gasteiger partial charge on any atom is 0.331 e. The molecule has 0 aliphatic carbocycles. The Bertz CT molecular complexity index is 2090. The molecule has 7 atom stereocenters. The van der Waals surface area contributed by atoms with Gasteiger partial charge in [-0.25, -0.2) is 4.79 Å². The van der Waals surface area contributed by atoms with Gasteiger partial charge in [0, 0.05) is 47.5 Å². The number of carbonyl (C=O) groups is 2. The Hall–Kier alpha value is -4.41. The van der Waals surface area contributed by atoms with E-state index in [0.717, 1.165) is 16.7 Å². The number of benzene rings is 3. The van der Waals surface area contributed by atoms with Crippen LogP contribution in [0.2, 0.25) is 0 Å². The Labute approximate surface area is 309 Å². The Balaban J connectivity index is 1.31. The molecule has 0 aromatic heterocycles. The minimum atomic E-state index is -1.36. The monoisotopic (exact) mass is 747 g/mol. The third kappa shape index (κ3) is 4.80. The summed E-state index contributed by atoms with van der Waals surface area (Å²) in [5, 5.41) is 41.5. The van der Waals surface area contributed by atoms with Gasteiger partial charge in [0.25, 0.3) is 0 Å². The molecule has 10 rings (SSSR count). The lowest BCUT2D eigenvalue weighted by Gasteiger charge is -2.59. The molecule has 2 fully saturated rings. The van der Waals surface area contributed by atoms with E-state index < -0.39 is 53.1 Å². The zero-order valence-electron chi connectivity index (χ0n) is 29.9. The predicted octanol–water partition coefficient (Wildman–Crippen LogP) is 3.07. The third-order valence-corrected chi connectivity index (χ3v) is 13.2. The zero-order valence-corrected chi connectivity index (χ0v) is 30.7. The van der Waals surface area contributed by atoms with Crippen LogP contribution in [0.4, 0.5) is 0 Å². The minimum absolute atomic E-state index is 0.0210. The maximum absolute atomic E-state index is 14.6. The number of ether oxygens (including phenoxy) is 6. The summed E-state index contributed by atoms with van der Waals surface area (Å²) >= 11 is 1.45. The fourth-order valence-electron chi connectivity index (χ4n) is 9.60. The first-order valence-corrected chi connectivity index (χ1v) is 18.7. The highest BCUT2D eigenvalue weighted by Gasteiger charge is 2.60. The van der Waals surface area contributed by atoms with Crippen molar-refractivity contribution in [2.24, 2.45) is 0 Å². The summed E-state index contributed by atoms with van der Waals surface area (Å²) in [6.45, 7) is 5.23. The van der Waals surface area contributed by atoms with Gasteiger partial charge in [0.15, 0.2) is 40.0 Å². The molecule has 2 saturated heterocycles. The van der Waals surface area contributed by atoms with Crippen molar-refractivity contribution in [2.75, 3.05) is 39.9 Å². The first-order chi connectivity index (χ1) is 25.5. The predicted molar refractivity (Wildman–Crippen MR) is 190 cm³/mol. The van der Waals surface area contributed by atoms with Gasteiger partial charge >= 0.3 is 11.9 Å². The van der Waals surface area contributed by atoms with Crippen molar-refractivity contribution in [3.05, 3.63) is 62.7 Å². The van der Waals surface area contributed by atoms with E-state index >= 15 is 0 Å². The van der Waals surface area contributed by atoms with E-state index in [4.69, 9.17) is 28.4 Å². The van der Waals surface area contributed by atoms with Gasteiger partial charge in [-0.1, -0.05) is 6.07 Å². The average Bonchev–Trinajstić information content (AvgIpc) is 3.63. The van der Waals surface area contributed by atoms with E-state index in [1.807, 2.05) is 24.8 Å². The van der Waals surface area contributed by atoms with Crippen molar-refractivity contribution in [2.45, 2.75) is 74.8 Å². The molecule has 14 nitrogen and oxygen atoms in total. The molecule has 7 aliphatic heterocycles. The van der Waals surface area contributed by atoms with E-state index in [9.17, 15) is 24.9 Å². The quantitative estimate of drug-likeness (QED) is 0.195. The van der Waals surface area contributed by atoms with Crippen LogP contribution in [-0.4, -0.2) is 90.4 Å². The summed E-state index contributed by atoms with van der Waals surface area (Å²) < 4.78 is 35.8. The molecular weight excluding hydrogens is 706 g/mol. The Morgan fingerprint density at radius 1 is 1.02 bits per heavy atom. The minimum Gasteiger partial charge on any atom is -0.504 e. The highest BCUT2D eigenvalue weighted by atomic mass is 32.2. The van der Waals surface area contributed by atoms with E-state index in [-0.39, 0.29) is 36.4 Å². The summed E-state index contributed by atoms with van der Waals surface area (Å²) in [6.07, 6.45) is -0.0673. The molecule has 0 amide bonds. The SMILES string of the molecule is COc1cc2c(cc1O)CCN[C@@]21CSC2c3c(OC(C)=O)c(C)c4c(c3[C@H](COC1=O)N1[C@@H](O)[C@@H]3Cc5cc(C)c(OC)c(O)c5[C@@H](N3)[C@H]21)OCO4. The topological polar surface area (TPSA) is 178 Å². The van der Waals surface area contributed by atoms with Crippen molar-refractivity contribution in [3.63, 3.8) is 0 Å². The molecule has 0 saturated carbocycles. The Kier molecular flexibility index (Phi) is 7.98. The lowest BCUT2D eigenvalue weighted by atomic mass is 9.74. The van der Waals surface area contributed by atoms with Crippen molar-refractivity contribution in [3.8, 4) is 40.2 Å². The normalized spacial score (nSPS) is 29.4. The van der Waals surface area contributed by atoms with Crippen LogP contribution >= 0.6 is 11.8 Å². The largest absolute Gasteiger partial charge is 0.504 e. The van der Waals surface area contributed by atoms with Gasteiger partial charge in [0.2, 0.25) is 6.79 Å². The van der Waals surface area contributed by atoms with Gasteiger partial charge in [-0.2, -0.15) is 0 Å². The van der Waals surface area contributed by atoms with Crippen LogP contribution in [0.5, 0.6) is 40.2 Å². The standard InChI is InChI=1S/C38H41N3O11S/c1-15-8-19-9-21-36(45)41-22-12-49-37(46)38(20-11-24(47-4)23(43)10-18(20)6-7-39-38)13-53-35(29(41)28(40-21)25(19)30(44)31(15)48-5)27-26(22)34-33(50-14-51-34)16(2)32(27)52-17(3)42/h8,10-11,21-22,28-29,35-36,39-40,43-45H,6-7,9,12-14H2,1-5H3/t21-,22-,28+,29+,35?,36-,38-/m0/s1. The van der Waals surface area contributed by atoms with E-state index in [1.54, 1.807) is 12.1 Å². The number of aryl methyl sites for hydroxylation is 1. The fraction of sp³-hybridized carbons (Fsp3) is 0.474. The third-order valence-electron chi connectivity index (χ3n) is 11.8. The van der Waals surface area contributed by atoms with Crippen molar-refractivity contribution in [1.29, 1.82) is 0 Å². The van der Waals surface area contributed by atoms with Crippen molar-refractivity contribution < 1.29 is 53.3 Å². The second-order valence-electron chi connectivity index (χ2n) is 14.5. The number of nitrogens with zero attached hydrogens (tertiary/aromatic N) is 1. The molecule has 3 aromatic carbocycles. The molecule has 1 spiro atoms. The van der Waals surface area contributed by atoms with E-state index in [0.29, 0.717) is 70.2 Å². The second kappa shape index (κ2) is 12.3. The van der Waals surface area contributed by atoms with Gasteiger partial charge in [-0.05, 0) is 61.1 Å². The molecular formula is C38H41N3O11S. The number of aromatic hydroxyl groups is 2. The second-order valence-corrected chi connectivity index (χ2v) is 15.6. The van der Waals surface area contributed by atoms with E-state index in [2.05, 4.69) is 10.6 Å². The Morgan fingerprint density at radius 2 is 1.81 bits per heavy atom. The number of aliphatic hydroxyl groups excluding tert-OH is 1. The number of fused-ring (bicyclic) bond motifs is 9. The van der Waals surface area contributed by atoms with E-state index in [1.165, 1.54) is 32.9 Å². The molecule has 53 heavy (non-hydrogen) atoms. The number of rotatable bonds is 3. The van der Waals surface area contributed by atoms with Gasteiger partial charge in [-0.3, -0.25) is 15.0 Å². The van der Waals surface area contributed by atoms with Crippen LogP contribution < -0.4 is 34.3 Å². The lowest BCUT2D eigenvalue weighted by Crippen LogP contribution is -2.69. The van der Waals surface area contributed by atoms with Crippen LogP contribution in [0.3, 0.4) is 0 Å². The number of carbonyl (C=O) groups excluding carboxylic acids is 2. The molecule has 0 radical (unpaired) electrons. The van der Waals surface area contributed by atoms with Gasteiger partial charge in [-0.15, -0.1) is 11.8 Å².